The minimum Gasteiger partial charge on any atom is -0.414 e. The number of hydrogen-bond acceptors (Lipinski definition) is 2. The first-order valence-corrected chi connectivity index (χ1v) is 10.7. The molecule has 3 atom stereocenters. The average Bonchev–Trinajstić information content (AvgIpc) is 2.24. The van der Waals surface area contributed by atoms with Crippen molar-refractivity contribution in [2.24, 2.45) is 11.8 Å². The molecule has 0 fully saturated rings. The SMILES string of the molecule is C[C@H](CO)C[C@@H](C)CC[C@@H](C)O[Si](C)(C)C(C)(C)C. The number of aliphatic hydroxyl groups is 1. The van der Waals surface area contributed by atoms with Gasteiger partial charge in [0.1, 0.15) is 0 Å². The number of aliphatic hydroxyl groups excluding tert-OH is 1. The molecule has 0 saturated carbocycles. The molecular formula is C16H36O2Si. The monoisotopic (exact) mass is 288 g/mol. The van der Waals surface area contributed by atoms with Gasteiger partial charge in [-0.2, -0.15) is 0 Å². The summed E-state index contributed by atoms with van der Waals surface area (Å²) in [4.78, 5) is 0. The van der Waals surface area contributed by atoms with E-state index in [1.807, 2.05) is 0 Å². The summed E-state index contributed by atoms with van der Waals surface area (Å²) in [7, 11) is -1.62. The van der Waals surface area contributed by atoms with E-state index in [-0.39, 0.29) is 5.04 Å². The maximum atomic E-state index is 9.08. The lowest BCUT2D eigenvalue weighted by Gasteiger charge is -2.38. The van der Waals surface area contributed by atoms with Crippen molar-refractivity contribution in [1.29, 1.82) is 0 Å². The van der Waals surface area contributed by atoms with Gasteiger partial charge in [-0.25, -0.2) is 0 Å². The third kappa shape index (κ3) is 7.47. The number of rotatable bonds is 8. The first-order chi connectivity index (χ1) is 8.49. The number of hydrogen-bond donors (Lipinski definition) is 1. The predicted molar refractivity (Wildman–Crippen MR) is 87.0 cm³/mol. The van der Waals surface area contributed by atoms with Gasteiger partial charge >= 0.3 is 0 Å². The molecule has 0 spiro atoms. The molecule has 0 radical (unpaired) electrons. The van der Waals surface area contributed by atoms with Crippen molar-refractivity contribution in [3.8, 4) is 0 Å². The Balaban J connectivity index is 4.09. The molecule has 0 amide bonds. The molecular weight excluding hydrogens is 252 g/mol. The summed E-state index contributed by atoms with van der Waals surface area (Å²) in [5.74, 6) is 1.10. The smallest absolute Gasteiger partial charge is 0.192 e. The molecule has 0 aliphatic carbocycles. The highest BCUT2D eigenvalue weighted by molar-refractivity contribution is 6.74. The summed E-state index contributed by atoms with van der Waals surface area (Å²) in [6, 6.07) is 0. The van der Waals surface area contributed by atoms with Gasteiger partial charge in [-0.05, 0) is 56.2 Å². The largest absolute Gasteiger partial charge is 0.414 e. The van der Waals surface area contributed by atoms with Crippen molar-refractivity contribution < 1.29 is 9.53 Å². The van der Waals surface area contributed by atoms with Gasteiger partial charge < -0.3 is 9.53 Å². The molecule has 0 aromatic carbocycles. The van der Waals surface area contributed by atoms with E-state index >= 15 is 0 Å². The third-order valence-electron chi connectivity index (χ3n) is 4.48. The van der Waals surface area contributed by atoms with Crippen molar-refractivity contribution >= 4 is 8.32 Å². The Kier molecular flexibility index (Phi) is 7.85. The molecule has 116 valence electrons. The van der Waals surface area contributed by atoms with Crippen LogP contribution in [0.4, 0.5) is 0 Å². The van der Waals surface area contributed by atoms with Crippen LogP contribution in [-0.4, -0.2) is 26.1 Å². The Labute approximate surface area is 122 Å². The fourth-order valence-electron chi connectivity index (χ4n) is 2.14. The highest BCUT2D eigenvalue weighted by Gasteiger charge is 2.38. The van der Waals surface area contributed by atoms with Gasteiger partial charge in [0.25, 0.3) is 0 Å². The van der Waals surface area contributed by atoms with E-state index in [0.29, 0.717) is 24.5 Å². The highest BCUT2D eigenvalue weighted by Crippen LogP contribution is 2.37. The molecule has 0 bridgehead atoms. The van der Waals surface area contributed by atoms with Crippen LogP contribution in [0.15, 0.2) is 0 Å². The summed E-state index contributed by atoms with van der Waals surface area (Å²) in [5.41, 5.74) is 0. The third-order valence-corrected chi connectivity index (χ3v) is 9.09. The van der Waals surface area contributed by atoms with Crippen molar-refractivity contribution in [1.82, 2.24) is 0 Å². The Morgan fingerprint density at radius 1 is 1.00 bits per heavy atom. The summed E-state index contributed by atoms with van der Waals surface area (Å²) >= 11 is 0. The van der Waals surface area contributed by atoms with E-state index in [1.54, 1.807) is 0 Å². The quantitative estimate of drug-likeness (QED) is 0.648. The van der Waals surface area contributed by atoms with E-state index in [0.717, 1.165) is 12.8 Å². The van der Waals surface area contributed by atoms with Crippen molar-refractivity contribution in [2.75, 3.05) is 6.61 Å². The van der Waals surface area contributed by atoms with E-state index < -0.39 is 8.32 Å². The van der Waals surface area contributed by atoms with Crippen LogP contribution in [0.5, 0.6) is 0 Å². The Morgan fingerprint density at radius 2 is 1.53 bits per heavy atom. The summed E-state index contributed by atoms with van der Waals surface area (Å²) in [5, 5.41) is 9.37. The zero-order valence-corrected chi connectivity index (χ0v) is 15.4. The highest BCUT2D eigenvalue weighted by atomic mass is 28.4. The maximum Gasteiger partial charge on any atom is 0.192 e. The average molecular weight is 289 g/mol. The van der Waals surface area contributed by atoms with E-state index in [4.69, 9.17) is 9.53 Å². The molecule has 0 aliphatic rings. The van der Waals surface area contributed by atoms with Crippen LogP contribution in [0.1, 0.15) is 60.8 Å². The molecule has 2 nitrogen and oxygen atoms in total. The molecule has 19 heavy (non-hydrogen) atoms. The summed E-state index contributed by atoms with van der Waals surface area (Å²) in [6.45, 7) is 18.4. The van der Waals surface area contributed by atoms with Crippen LogP contribution in [0.25, 0.3) is 0 Å². The zero-order valence-electron chi connectivity index (χ0n) is 14.4. The zero-order chi connectivity index (χ0) is 15.3. The second-order valence-electron chi connectivity index (χ2n) is 7.89. The normalized spacial score (nSPS) is 18.2. The van der Waals surface area contributed by atoms with Crippen LogP contribution in [-0.2, 0) is 4.43 Å². The van der Waals surface area contributed by atoms with Crippen LogP contribution >= 0.6 is 0 Å². The first kappa shape index (κ1) is 19.1. The Hall–Kier alpha value is 0.137. The van der Waals surface area contributed by atoms with Crippen molar-refractivity contribution in [2.45, 2.75) is 85.0 Å². The standard InChI is InChI=1S/C16H36O2Si/c1-13(11-14(2)12-17)9-10-15(3)18-19(7,8)16(4,5)6/h13-15,17H,9-12H2,1-8H3/t13-,14-,15+/m0/s1. The molecule has 0 aromatic rings. The Bertz CT molecular complexity index is 246. The molecule has 1 N–H and O–H groups in total. The molecule has 0 rings (SSSR count). The maximum absolute atomic E-state index is 9.08. The van der Waals surface area contributed by atoms with Gasteiger partial charge in [-0.3, -0.25) is 0 Å². The van der Waals surface area contributed by atoms with Gasteiger partial charge in [-0.15, -0.1) is 0 Å². The van der Waals surface area contributed by atoms with Gasteiger partial charge in [0.05, 0.1) is 0 Å². The second-order valence-corrected chi connectivity index (χ2v) is 12.7. The lowest BCUT2D eigenvalue weighted by atomic mass is 9.93. The van der Waals surface area contributed by atoms with Gasteiger partial charge in [0, 0.05) is 12.7 Å². The van der Waals surface area contributed by atoms with Crippen LogP contribution in [0.3, 0.4) is 0 Å². The van der Waals surface area contributed by atoms with Gasteiger partial charge in [0.15, 0.2) is 8.32 Å². The fraction of sp³-hybridized carbons (Fsp3) is 1.00. The van der Waals surface area contributed by atoms with Crippen LogP contribution in [0, 0.1) is 11.8 Å². The van der Waals surface area contributed by atoms with E-state index in [1.165, 1.54) is 6.42 Å². The summed E-state index contributed by atoms with van der Waals surface area (Å²) in [6.07, 6.45) is 3.79. The fourth-order valence-corrected chi connectivity index (χ4v) is 3.61. The van der Waals surface area contributed by atoms with E-state index in [2.05, 4.69) is 54.6 Å². The minimum absolute atomic E-state index is 0.290. The molecule has 3 heteroatoms. The van der Waals surface area contributed by atoms with Gasteiger partial charge in [0.2, 0.25) is 0 Å². The molecule has 0 saturated heterocycles. The Morgan fingerprint density at radius 3 is 1.95 bits per heavy atom. The molecule has 0 aromatic heterocycles. The van der Waals surface area contributed by atoms with E-state index in [9.17, 15) is 0 Å². The lowest BCUT2D eigenvalue weighted by Crippen LogP contribution is -2.43. The first-order valence-electron chi connectivity index (χ1n) is 7.78. The molecule has 0 heterocycles. The molecule has 0 unspecified atom stereocenters. The topological polar surface area (TPSA) is 29.5 Å². The van der Waals surface area contributed by atoms with Crippen LogP contribution in [0.2, 0.25) is 18.1 Å². The van der Waals surface area contributed by atoms with Gasteiger partial charge in [-0.1, -0.05) is 34.6 Å². The van der Waals surface area contributed by atoms with Crippen molar-refractivity contribution in [3.63, 3.8) is 0 Å². The van der Waals surface area contributed by atoms with Crippen LogP contribution < -0.4 is 0 Å². The second kappa shape index (κ2) is 7.80. The molecule has 0 aliphatic heterocycles. The predicted octanol–water partition coefficient (Wildman–Crippen LogP) is 4.83. The minimum atomic E-state index is -1.62. The van der Waals surface area contributed by atoms with Crippen molar-refractivity contribution in [3.05, 3.63) is 0 Å². The summed E-state index contributed by atoms with van der Waals surface area (Å²) < 4.78 is 6.37. The lowest BCUT2D eigenvalue weighted by molar-refractivity contribution is 0.170.